The fraction of sp³-hybridized carbons (Fsp3) is 0. The van der Waals surface area contributed by atoms with Crippen molar-refractivity contribution in [3.05, 3.63) is 18.2 Å². The van der Waals surface area contributed by atoms with E-state index in [9.17, 15) is 4.79 Å². The number of thiol groups is 1. The first kappa shape index (κ1) is 7.01. The molecule has 0 saturated carbocycles. The molecule has 1 heterocycles. The van der Waals surface area contributed by atoms with Crippen molar-refractivity contribution < 1.29 is 9.90 Å². The molecule has 4 nitrogen and oxygen atoms in total. The number of aromatic nitrogens is 2. The molecular weight excluding hydrogens is 152 g/mol. The van der Waals surface area contributed by atoms with E-state index in [-0.39, 0.29) is 5.82 Å². The fourth-order valence-electron chi connectivity index (χ4n) is 0.432. The molecule has 0 fully saturated rings. The van der Waals surface area contributed by atoms with Crippen LogP contribution in [-0.2, 0) is 0 Å². The molecule has 5 heteroatoms. The normalized spacial score (nSPS) is 9.30. The Morgan fingerprint density at radius 2 is 2.00 bits per heavy atom. The molecule has 0 radical (unpaired) electrons. The predicted molar refractivity (Wildman–Crippen MR) is 36.2 cm³/mol. The van der Waals surface area contributed by atoms with Crippen molar-refractivity contribution in [2.24, 2.45) is 0 Å². The Morgan fingerprint density at radius 3 is 2.40 bits per heavy atom. The molecule has 0 aliphatic rings. The summed E-state index contributed by atoms with van der Waals surface area (Å²) >= 11 is 3.88. The van der Waals surface area contributed by atoms with E-state index in [2.05, 4.69) is 22.6 Å². The molecule has 0 aromatic carbocycles. The van der Waals surface area contributed by atoms with Gasteiger partial charge >= 0.3 is 5.97 Å². The standard InChI is InChI=1S/C5H4N2O2S/c8-5(9)4-6-1-3(10)2-7-4/h1-2,10H,(H,8,9). The van der Waals surface area contributed by atoms with Gasteiger partial charge in [-0.05, 0) is 0 Å². The monoisotopic (exact) mass is 156 g/mol. The maximum atomic E-state index is 10.2. The van der Waals surface area contributed by atoms with Crippen LogP contribution < -0.4 is 0 Å². The second-order valence-corrected chi connectivity index (χ2v) is 2.09. The van der Waals surface area contributed by atoms with Crippen LogP contribution in [0.2, 0.25) is 0 Å². The Morgan fingerprint density at radius 1 is 1.50 bits per heavy atom. The van der Waals surface area contributed by atoms with Gasteiger partial charge in [-0.25, -0.2) is 14.8 Å². The number of hydrogen-bond acceptors (Lipinski definition) is 4. The maximum absolute atomic E-state index is 10.2. The van der Waals surface area contributed by atoms with E-state index in [4.69, 9.17) is 5.11 Å². The minimum absolute atomic E-state index is 0.210. The van der Waals surface area contributed by atoms with Crippen LogP contribution in [0, 0.1) is 0 Å². The number of carbonyl (C=O) groups is 1. The van der Waals surface area contributed by atoms with Gasteiger partial charge in [-0.2, -0.15) is 0 Å². The van der Waals surface area contributed by atoms with E-state index in [0.29, 0.717) is 4.90 Å². The average molecular weight is 156 g/mol. The van der Waals surface area contributed by atoms with E-state index >= 15 is 0 Å². The molecule has 1 N–H and O–H groups in total. The van der Waals surface area contributed by atoms with Crippen LogP contribution in [0.3, 0.4) is 0 Å². The highest BCUT2D eigenvalue weighted by molar-refractivity contribution is 7.80. The SMILES string of the molecule is O=C(O)c1ncc(S)cn1. The molecule has 0 amide bonds. The summed E-state index contributed by atoms with van der Waals surface area (Å²) < 4.78 is 0. The molecule has 0 aliphatic heterocycles. The van der Waals surface area contributed by atoms with E-state index < -0.39 is 5.97 Å². The number of carboxylic acid groups (broad SMARTS) is 1. The molecule has 52 valence electrons. The minimum atomic E-state index is -1.13. The summed E-state index contributed by atoms with van der Waals surface area (Å²) in [6, 6.07) is 0. The van der Waals surface area contributed by atoms with Crippen molar-refractivity contribution >= 4 is 18.6 Å². The van der Waals surface area contributed by atoms with Gasteiger partial charge in [-0.15, -0.1) is 12.6 Å². The summed E-state index contributed by atoms with van der Waals surface area (Å²) in [6.07, 6.45) is 2.67. The third kappa shape index (κ3) is 1.44. The molecule has 0 aliphatic carbocycles. The second-order valence-electron chi connectivity index (χ2n) is 1.57. The number of aromatic carboxylic acids is 1. The van der Waals surface area contributed by atoms with Crippen molar-refractivity contribution in [2.45, 2.75) is 4.90 Å². The lowest BCUT2D eigenvalue weighted by atomic mass is 10.6. The van der Waals surface area contributed by atoms with Crippen LogP contribution in [-0.4, -0.2) is 21.0 Å². The first-order chi connectivity index (χ1) is 4.70. The number of hydrogen-bond donors (Lipinski definition) is 2. The highest BCUT2D eigenvalue weighted by Crippen LogP contribution is 1.99. The zero-order chi connectivity index (χ0) is 7.56. The second kappa shape index (κ2) is 2.66. The first-order valence-electron chi connectivity index (χ1n) is 2.44. The molecule has 1 aromatic rings. The van der Waals surface area contributed by atoms with Crippen LogP contribution in [0.1, 0.15) is 10.6 Å². The molecule has 10 heavy (non-hydrogen) atoms. The van der Waals surface area contributed by atoms with Crippen molar-refractivity contribution in [1.82, 2.24) is 9.97 Å². The lowest BCUT2D eigenvalue weighted by molar-refractivity contribution is 0.0683. The summed E-state index contributed by atoms with van der Waals surface area (Å²) in [5.41, 5.74) is 0. The van der Waals surface area contributed by atoms with Gasteiger partial charge in [0.05, 0.1) is 0 Å². The number of rotatable bonds is 1. The van der Waals surface area contributed by atoms with Crippen molar-refractivity contribution in [2.75, 3.05) is 0 Å². The summed E-state index contributed by atoms with van der Waals surface area (Å²) in [5, 5.41) is 8.33. The van der Waals surface area contributed by atoms with Gasteiger partial charge in [-0.1, -0.05) is 0 Å². The Hall–Kier alpha value is -1.10. The smallest absolute Gasteiger partial charge is 0.373 e. The van der Waals surface area contributed by atoms with Crippen molar-refractivity contribution in [3.8, 4) is 0 Å². The van der Waals surface area contributed by atoms with Crippen LogP contribution in [0.25, 0.3) is 0 Å². The third-order valence-corrected chi connectivity index (χ3v) is 1.06. The topological polar surface area (TPSA) is 63.1 Å². The number of nitrogens with zero attached hydrogens (tertiary/aromatic N) is 2. The quantitative estimate of drug-likeness (QED) is 0.580. The van der Waals surface area contributed by atoms with E-state index in [0.717, 1.165) is 0 Å². The molecule has 0 bridgehead atoms. The van der Waals surface area contributed by atoms with E-state index in [1.54, 1.807) is 0 Å². The highest BCUT2D eigenvalue weighted by Gasteiger charge is 2.03. The highest BCUT2D eigenvalue weighted by atomic mass is 32.1. The van der Waals surface area contributed by atoms with Crippen LogP contribution >= 0.6 is 12.6 Å². The van der Waals surface area contributed by atoms with Crippen molar-refractivity contribution in [1.29, 1.82) is 0 Å². The van der Waals surface area contributed by atoms with Crippen LogP contribution in [0.15, 0.2) is 17.3 Å². The van der Waals surface area contributed by atoms with Gasteiger partial charge in [0.15, 0.2) is 0 Å². The molecular formula is C5H4N2O2S. The summed E-state index contributed by atoms with van der Waals surface area (Å²) in [4.78, 5) is 17.7. The lowest BCUT2D eigenvalue weighted by Crippen LogP contribution is -2.02. The predicted octanol–water partition coefficient (Wildman–Crippen LogP) is 0.463. The van der Waals surface area contributed by atoms with Gasteiger partial charge in [0.2, 0.25) is 5.82 Å². The lowest BCUT2D eigenvalue weighted by Gasteiger charge is -1.90. The largest absolute Gasteiger partial charge is 0.475 e. The first-order valence-corrected chi connectivity index (χ1v) is 2.89. The van der Waals surface area contributed by atoms with Gasteiger partial charge in [0.25, 0.3) is 0 Å². The Kier molecular flexibility index (Phi) is 1.86. The molecule has 1 aromatic heterocycles. The van der Waals surface area contributed by atoms with Crippen molar-refractivity contribution in [3.63, 3.8) is 0 Å². The number of carboxylic acids is 1. The summed E-state index contributed by atoms with van der Waals surface area (Å²) in [6.45, 7) is 0. The molecule has 0 spiro atoms. The fourth-order valence-corrected chi connectivity index (χ4v) is 0.547. The van der Waals surface area contributed by atoms with Gasteiger partial charge in [-0.3, -0.25) is 0 Å². The van der Waals surface area contributed by atoms with Crippen LogP contribution in [0.5, 0.6) is 0 Å². The van der Waals surface area contributed by atoms with Gasteiger partial charge < -0.3 is 5.11 Å². The third-order valence-electron chi connectivity index (χ3n) is 0.829. The Labute approximate surface area is 62.3 Å². The summed E-state index contributed by atoms with van der Waals surface area (Å²) in [5.74, 6) is -1.34. The molecule has 1 rings (SSSR count). The maximum Gasteiger partial charge on any atom is 0.373 e. The van der Waals surface area contributed by atoms with E-state index in [1.807, 2.05) is 0 Å². The molecule has 0 unspecified atom stereocenters. The molecule has 0 atom stereocenters. The minimum Gasteiger partial charge on any atom is -0.475 e. The van der Waals surface area contributed by atoms with Crippen LogP contribution in [0.4, 0.5) is 0 Å². The van der Waals surface area contributed by atoms with E-state index in [1.165, 1.54) is 12.4 Å². The zero-order valence-corrected chi connectivity index (χ0v) is 5.75. The zero-order valence-electron chi connectivity index (χ0n) is 4.85. The Balaban J connectivity index is 3.00. The molecule has 0 saturated heterocycles. The van der Waals surface area contributed by atoms with Gasteiger partial charge in [0.1, 0.15) is 0 Å². The van der Waals surface area contributed by atoms with Gasteiger partial charge in [0, 0.05) is 17.3 Å². The Bertz CT molecular complexity index is 246. The summed E-state index contributed by atoms with van der Waals surface area (Å²) in [7, 11) is 0. The average Bonchev–Trinajstić information content (AvgIpc) is 1.88.